The molecule has 0 radical (unpaired) electrons. The fourth-order valence-corrected chi connectivity index (χ4v) is 2.79. The lowest BCUT2D eigenvalue weighted by Gasteiger charge is -2.32. The predicted octanol–water partition coefficient (Wildman–Crippen LogP) is 1.65. The van der Waals surface area contributed by atoms with Crippen LogP contribution in [0.25, 0.3) is 0 Å². The average molecular weight is 335 g/mol. The van der Waals surface area contributed by atoms with Crippen LogP contribution in [0, 0.1) is 0 Å². The highest BCUT2D eigenvalue weighted by atomic mass is 35.5. The minimum Gasteiger partial charge on any atom is -0.376 e. The van der Waals surface area contributed by atoms with Crippen molar-refractivity contribution in [1.82, 2.24) is 19.9 Å². The van der Waals surface area contributed by atoms with Crippen molar-refractivity contribution in [2.45, 2.75) is 25.5 Å². The Morgan fingerprint density at radius 1 is 1.35 bits per heavy atom. The molecule has 1 fully saturated rings. The number of aryl methyl sites for hydroxylation is 1. The van der Waals surface area contributed by atoms with Gasteiger partial charge in [-0.15, -0.1) is 0 Å². The molecule has 2 aromatic heterocycles. The van der Waals surface area contributed by atoms with Gasteiger partial charge in [-0.25, -0.2) is 4.98 Å². The van der Waals surface area contributed by atoms with Crippen LogP contribution in [0.5, 0.6) is 0 Å². The molecule has 0 bridgehead atoms. The van der Waals surface area contributed by atoms with Gasteiger partial charge in [0.2, 0.25) is 0 Å². The smallest absolute Gasteiger partial charge is 0.250 e. The van der Waals surface area contributed by atoms with Gasteiger partial charge in [-0.2, -0.15) is 0 Å². The maximum atomic E-state index is 11.3. The number of H-pyrrole nitrogens is 1. The largest absolute Gasteiger partial charge is 0.376 e. The lowest BCUT2D eigenvalue weighted by molar-refractivity contribution is -0.0350. The van der Waals surface area contributed by atoms with Crippen LogP contribution in [0.1, 0.15) is 17.8 Å². The van der Waals surface area contributed by atoms with Gasteiger partial charge in [0.25, 0.3) is 5.56 Å². The van der Waals surface area contributed by atoms with E-state index in [1.54, 1.807) is 6.20 Å². The van der Waals surface area contributed by atoms with Gasteiger partial charge in [0, 0.05) is 37.6 Å². The Labute approximate surface area is 139 Å². The molecule has 3 rings (SSSR count). The van der Waals surface area contributed by atoms with Crippen molar-refractivity contribution in [3.8, 4) is 0 Å². The molecule has 0 spiro atoms. The fraction of sp³-hybridized carbons (Fsp3) is 0.438. The molecule has 0 saturated carbocycles. The van der Waals surface area contributed by atoms with Gasteiger partial charge in [-0.05, 0) is 25.0 Å². The van der Waals surface area contributed by atoms with E-state index >= 15 is 0 Å². The number of nitrogens with one attached hydrogen (secondary N) is 1. The van der Waals surface area contributed by atoms with Crippen LogP contribution >= 0.6 is 11.6 Å². The van der Waals surface area contributed by atoms with E-state index in [1.165, 1.54) is 12.4 Å². The third-order valence-corrected chi connectivity index (χ3v) is 4.08. The highest BCUT2D eigenvalue weighted by Crippen LogP contribution is 2.14. The standard InChI is InChI=1S/C16H19ClN4O2/c17-12-1-2-14(18-8-12)9-21-5-6-23-15(10-21)4-3-13-7-16(22)20-11-19-13/h1-2,7-8,11,15H,3-6,9-10H2,(H,19,20,22)/t15-/m1/s1. The molecule has 2 aromatic rings. The SMILES string of the molecule is O=c1cc(CC[C@@H]2CN(Cc3ccc(Cl)cn3)CCO2)nc[nH]1. The third kappa shape index (κ3) is 4.86. The van der Waals surface area contributed by atoms with Gasteiger partial charge >= 0.3 is 0 Å². The fourth-order valence-electron chi connectivity index (χ4n) is 2.68. The van der Waals surface area contributed by atoms with Crippen LogP contribution < -0.4 is 5.56 Å². The molecule has 122 valence electrons. The maximum absolute atomic E-state index is 11.3. The number of aromatic amines is 1. The second-order valence-electron chi connectivity index (χ2n) is 5.64. The summed E-state index contributed by atoms with van der Waals surface area (Å²) >= 11 is 5.86. The lowest BCUT2D eigenvalue weighted by Crippen LogP contribution is -2.42. The summed E-state index contributed by atoms with van der Waals surface area (Å²) in [5.41, 5.74) is 1.69. The number of halogens is 1. The second-order valence-corrected chi connectivity index (χ2v) is 6.07. The van der Waals surface area contributed by atoms with Crippen LogP contribution in [-0.2, 0) is 17.7 Å². The van der Waals surface area contributed by atoms with Crippen LogP contribution in [0.4, 0.5) is 0 Å². The Morgan fingerprint density at radius 2 is 2.26 bits per heavy atom. The molecule has 0 amide bonds. The van der Waals surface area contributed by atoms with Gasteiger partial charge in [0.15, 0.2) is 0 Å². The molecule has 23 heavy (non-hydrogen) atoms. The monoisotopic (exact) mass is 334 g/mol. The first-order valence-corrected chi connectivity index (χ1v) is 8.05. The number of nitrogens with zero attached hydrogens (tertiary/aromatic N) is 3. The van der Waals surface area contributed by atoms with Gasteiger partial charge in [-0.1, -0.05) is 11.6 Å². The zero-order valence-corrected chi connectivity index (χ0v) is 13.5. The average Bonchev–Trinajstić information content (AvgIpc) is 2.56. The molecule has 1 saturated heterocycles. The first-order chi connectivity index (χ1) is 11.2. The summed E-state index contributed by atoms with van der Waals surface area (Å²) in [5, 5.41) is 0.652. The van der Waals surface area contributed by atoms with E-state index in [9.17, 15) is 4.79 Å². The number of rotatable bonds is 5. The molecular formula is C16H19ClN4O2. The Hall–Kier alpha value is -1.76. The summed E-state index contributed by atoms with van der Waals surface area (Å²) in [7, 11) is 0. The second kappa shape index (κ2) is 7.68. The van der Waals surface area contributed by atoms with E-state index < -0.39 is 0 Å². The van der Waals surface area contributed by atoms with Crippen LogP contribution in [-0.4, -0.2) is 45.7 Å². The summed E-state index contributed by atoms with van der Waals surface area (Å²) in [6, 6.07) is 5.35. The first kappa shape index (κ1) is 16.1. The van der Waals surface area contributed by atoms with Gasteiger partial charge < -0.3 is 9.72 Å². The van der Waals surface area contributed by atoms with E-state index in [4.69, 9.17) is 16.3 Å². The highest BCUT2D eigenvalue weighted by molar-refractivity contribution is 6.30. The summed E-state index contributed by atoms with van der Waals surface area (Å²) in [4.78, 5) is 24.6. The first-order valence-electron chi connectivity index (χ1n) is 7.67. The molecule has 0 unspecified atom stereocenters. The van der Waals surface area contributed by atoms with Crippen molar-refractivity contribution in [1.29, 1.82) is 0 Å². The zero-order valence-electron chi connectivity index (χ0n) is 12.7. The number of hydrogen-bond donors (Lipinski definition) is 1. The van der Waals surface area contributed by atoms with E-state index in [-0.39, 0.29) is 11.7 Å². The van der Waals surface area contributed by atoms with Crippen molar-refractivity contribution >= 4 is 11.6 Å². The lowest BCUT2D eigenvalue weighted by atomic mass is 10.1. The molecule has 0 aromatic carbocycles. The number of hydrogen-bond acceptors (Lipinski definition) is 5. The number of ether oxygens (including phenoxy) is 1. The van der Waals surface area contributed by atoms with E-state index in [0.717, 1.165) is 43.9 Å². The van der Waals surface area contributed by atoms with Gasteiger partial charge in [0.05, 0.1) is 29.8 Å². The predicted molar refractivity (Wildman–Crippen MR) is 87.4 cm³/mol. The molecular weight excluding hydrogens is 316 g/mol. The number of morpholine rings is 1. The van der Waals surface area contributed by atoms with Crippen molar-refractivity contribution in [2.24, 2.45) is 0 Å². The van der Waals surface area contributed by atoms with E-state index in [0.29, 0.717) is 11.6 Å². The van der Waals surface area contributed by atoms with Crippen LogP contribution in [0.15, 0.2) is 35.5 Å². The summed E-state index contributed by atoms with van der Waals surface area (Å²) in [6.45, 7) is 3.25. The normalized spacial score (nSPS) is 18.9. The molecule has 3 heterocycles. The molecule has 1 N–H and O–H groups in total. The van der Waals surface area contributed by atoms with Crippen molar-refractivity contribution in [2.75, 3.05) is 19.7 Å². The van der Waals surface area contributed by atoms with Crippen LogP contribution in [0.2, 0.25) is 5.02 Å². The molecule has 1 atom stereocenters. The van der Waals surface area contributed by atoms with Crippen molar-refractivity contribution < 1.29 is 4.74 Å². The van der Waals surface area contributed by atoms with Crippen LogP contribution in [0.3, 0.4) is 0 Å². The quantitative estimate of drug-likeness (QED) is 0.900. The zero-order chi connectivity index (χ0) is 16.1. The molecule has 1 aliphatic rings. The molecule has 6 nitrogen and oxygen atoms in total. The topological polar surface area (TPSA) is 71.1 Å². The van der Waals surface area contributed by atoms with Crippen molar-refractivity contribution in [3.63, 3.8) is 0 Å². The Morgan fingerprint density at radius 3 is 3.04 bits per heavy atom. The summed E-state index contributed by atoms with van der Waals surface area (Å²) in [5.74, 6) is 0. The summed E-state index contributed by atoms with van der Waals surface area (Å²) in [6.07, 6.45) is 4.85. The van der Waals surface area contributed by atoms with E-state index in [1.807, 2.05) is 12.1 Å². The molecule has 7 heteroatoms. The maximum Gasteiger partial charge on any atom is 0.250 e. The Bertz CT molecular complexity index is 689. The molecule has 1 aliphatic heterocycles. The van der Waals surface area contributed by atoms with E-state index in [2.05, 4.69) is 19.9 Å². The van der Waals surface area contributed by atoms with Crippen molar-refractivity contribution in [3.05, 3.63) is 57.5 Å². The summed E-state index contributed by atoms with van der Waals surface area (Å²) < 4.78 is 5.82. The minimum atomic E-state index is -0.116. The Kier molecular flexibility index (Phi) is 5.38. The number of pyridine rings is 1. The third-order valence-electron chi connectivity index (χ3n) is 3.85. The minimum absolute atomic E-state index is 0.116. The number of aromatic nitrogens is 3. The highest BCUT2D eigenvalue weighted by Gasteiger charge is 2.20. The van der Waals surface area contributed by atoms with Gasteiger partial charge in [0.1, 0.15) is 0 Å². The molecule has 0 aliphatic carbocycles. The Balaban J connectivity index is 1.51. The van der Waals surface area contributed by atoms with Gasteiger partial charge in [-0.3, -0.25) is 14.7 Å².